The van der Waals surface area contributed by atoms with E-state index in [4.69, 9.17) is 17.3 Å². The molecule has 0 unspecified atom stereocenters. The lowest BCUT2D eigenvalue weighted by Crippen LogP contribution is -2.12. The number of carbonyl (C=O) groups excluding carboxylic acids is 1. The van der Waals surface area contributed by atoms with Crippen molar-refractivity contribution in [3.05, 3.63) is 70.2 Å². The number of nitriles is 2. The van der Waals surface area contributed by atoms with Crippen LogP contribution in [-0.4, -0.2) is 16.6 Å². The Bertz CT molecular complexity index is 1260. The maximum atomic E-state index is 12.3. The number of nitrogens with one attached hydrogen (secondary N) is 1. The number of aromatic nitrogens is 1. The number of pyridine rings is 1. The van der Waals surface area contributed by atoms with E-state index in [9.17, 15) is 15.3 Å². The van der Waals surface area contributed by atoms with Gasteiger partial charge in [-0.05, 0) is 35.2 Å². The minimum absolute atomic E-state index is 0.0605. The molecule has 3 N–H and O–H groups in total. The summed E-state index contributed by atoms with van der Waals surface area (Å²) in [6.07, 6.45) is 0.196. The van der Waals surface area contributed by atoms with Gasteiger partial charge in [0.2, 0.25) is 5.91 Å². The zero-order valence-electron chi connectivity index (χ0n) is 18.2. The average Bonchev–Trinajstić information content (AvgIpc) is 2.78. The summed E-state index contributed by atoms with van der Waals surface area (Å²) in [7, 11) is 0. The molecule has 8 heteroatoms. The molecule has 2 aromatic carbocycles. The molecule has 0 atom stereocenters. The van der Waals surface area contributed by atoms with Crippen LogP contribution in [0.4, 0.5) is 11.5 Å². The van der Waals surface area contributed by atoms with E-state index in [0.29, 0.717) is 33.0 Å². The minimum atomic E-state index is -0.186. The number of carbonyl (C=O) groups is 1. The molecule has 0 aliphatic heterocycles. The van der Waals surface area contributed by atoms with Crippen molar-refractivity contribution >= 4 is 40.8 Å². The highest BCUT2D eigenvalue weighted by Gasteiger charge is 2.21. The van der Waals surface area contributed by atoms with Gasteiger partial charge in [-0.3, -0.25) is 4.79 Å². The van der Waals surface area contributed by atoms with E-state index in [0.717, 1.165) is 11.1 Å². The number of nitrogen functional groups attached to an aromatic ring is 1. The van der Waals surface area contributed by atoms with Crippen LogP contribution in [0.15, 0.2) is 53.6 Å². The molecule has 1 heterocycles. The predicted molar refractivity (Wildman–Crippen MR) is 133 cm³/mol. The van der Waals surface area contributed by atoms with Crippen LogP contribution < -0.4 is 11.1 Å². The van der Waals surface area contributed by atoms with Crippen LogP contribution in [0.25, 0.3) is 11.1 Å². The molecule has 0 radical (unpaired) electrons. The first-order chi connectivity index (χ1) is 15.8. The zero-order chi connectivity index (χ0) is 24.0. The number of halogens is 1. The van der Waals surface area contributed by atoms with Gasteiger partial charge < -0.3 is 11.1 Å². The first-order valence-corrected chi connectivity index (χ1v) is 11.6. The molecule has 166 valence electrons. The second kappa shape index (κ2) is 10.9. The second-order valence-electron chi connectivity index (χ2n) is 7.58. The lowest BCUT2D eigenvalue weighted by molar-refractivity contribution is -0.115. The van der Waals surface area contributed by atoms with E-state index in [-0.39, 0.29) is 29.3 Å². The quantitative estimate of drug-likeness (QED) is 0.406. The Morgan fingerprint density at radius 1 is 1.15 bits per heavy atom. The van der Waals surface area contributed by atoms with Crippen LogP contribution in [0.1, 0.15) is 42.9 Å². The Hall–Kier alpha value is -3.52. The van der Waals surface area contributed by atoms with Crippen molar-refractivity contribution in [2.24, 2.45) is 0 Å². The Balaban J connectivity index is 1.83. The Kier molecular flexibility index (Phi) is 7.95. The third-order valence-electron chi connectivity index (χ3n) is 4.96. The van der Waals surface area contributed by atoms with Gasteiger partial charge in [-0.25, -0.2) is 4.98 Å². The normalized spacial score (nSPS) is 10.5. The Morgan fingerprint density at radius 3 is 2.45 bits per heavy atom. The topological polar surface area (TPSA) is 116 Å². The lowest BCUT2D eigenvalue weighted by atomic mass is 9.94. The summed E-state index contributed by atoms with van der Waals surface area (Å²) in [5, 5.41) is 23.3. The van der Waals surface area contributed by atoms with E-state index < -0.39 is 0 Å². The van der Waals surface area contributed by atoms with Crippen molar-refractivity contribution in [1.82, 2.24) is 4.98 Å². The maximum Gasteiger partial charge on any atom is 0.225 e. The number of nitrogens with two attached hydrogens (primary N) is 1. The van der Waals surface area contributed by atoms with Crippen molar-refractivity contribution in [1.29, 1.82) is 10.5 Å². The number of anilines is 2. The number of benzene rings is 2. The molecule has 0 fully saturated rings. The molecule has 6 nitrogen and oxygen atoms in total. The van der Waals surface area contributed by atoms with Gasteiger partial charge in [-0.2, -0.15) is 10.5 Å². The molecule has 0 saturated carbocycles. The molecule has 3 aromatic rings. The van der Waals surface area contributed by atoms with Crippen molar-refractivity contribution in [2.75, 3.05) is 16.8 Å². The monoisotopic (exact) mass is 475 g/mol. The standard InChI is InChI=1S/C25H22ClN5OS/c1-15(2)16-6-8-17(9-7-16)23-20(13-27)24(29)31-25(21(23)14-28)33-11-10-22(32)30-19-5-3-4-18(26)12-19/h3-9,12,15H,10-11H2,1-2H3,(H2,29,31)(H,30,32). The number of amides is 1. The van der Waals surface area contributed by atoms with Crippen LogP contribution in [0.3, 0.4) is 0 Å². The van der Waals surface area contributed by atoms with E-state index in [1.807, 2.05) is 24.3 Å². The van der Waals surface area contributed by atoms with Gasteiger partial charge >= 0.3 is 0 Å². The molecule has 0 saturated heterocycles. The van der Waals surface area contributed by atoms with Gasteiger partial charge in [0.1, 0.15) is 28.5 Å². The summed E-state index contributed by atoms with van der Waals surface area (Å²) in [5.41, 5.74) is 9.48. The molecule has 0 bridgehead atoms. The molecule has 0 spiro atoms. The fraction of sp³-hybridized carbons (Fsp3) is 0.200. The summed E-state index contributed by atoms with van der Waals surface area (Å²) in [5.74, 6) is 0.613. The van der Waals surface area contributed by atoms with Gasteiger partial charge in [-0.1, -0.05) is 55.8 Å². The summed E-state index contributed by atoms with van der Waals surface area (Å²) in [6, 6.07) is 18.9. The Morgan fingerprint density at radius 2 is 1.85 bits per heavy atom. The summed E-state index contributed by atoms with van der Waals surface area (Å²) >= 11 is 7.20. The van der Waals surface area contributed by atoms with Crippen molar-refractivity contribution in [3.8, 4) is 23.3 Å². The fourth-order valence-corrected chi connectivity index (χ4v) is 4.38. The lowest BCUT2D eigenvalue weighted by Gasteiger charge is -2.14. The number of rotatable bonds is 7. The molecule has 33 heavy (non-hydrogen) atoms. The van der Waals surface area contributed by atoms with E-state index in [2.05, 4.69) is 36.3 Å². The van der Waals surface area contributed by atoms with E-state index >= 15 is 0 Å². The molecule has 1 amide bonds. The first kappa shape index (κ1) is 24.1. The predicted octanol–water partition coefficient (Wildman–Crippen LogP) is 5.97. The molecule has 0 aliphatic carbocycles. The third kappa shape index (κ3) is 5.84. The van der Waals surface area contributed by atoms with Gasteiger partial charge in [0.05, 0.1) is 5.56 Å². The SMILES string of the molecule is CC(C)c1ccc(-c2c(C#N)c(N)nc(SCCC(=O)Nc3cccc(Cl)c3)c2C#N)cc1. The van der Waals surface area contributed by atoms with Crippen LogP contribution in [0.5, 0.6) is 0 Å². The molecule has 3 rings (SSSR count). The van der Waals surface area contributed by atoms with Gasteiger partial charge in [-0.15, -0.1) is 11.8 Å². The summed E-state index contributed by atoms with van der Waals surface area (Å²) < 4.78 is 0. The van der Waals surface area contributed by atoms with Gasteiger partial charge in [0.15, 0.2) is 0 Å². The van der Waals surface area contributed by atoms with Crippen molar-refractivity contribution < 1.29 is 4.79 Å². The molecule has 1 aromatic heterocycles. The largest absolute Gasteiger partial charge is 0.383 e. The van der Waals surface area contributed by atoms with Crippen LogP contribution in [0.2, 0.25) is 5.02 Å². The van der Waals surface area contributed by atoms with Crippen molar-refractivity contribution in [2.45, 2.75) is 31.2 Å². The number of nitrogens with zero attached hydrogens (tertiary/aromatic N) is 3. The van der Waals surface area contributed by atoms with Crippen LogP contribution in [-0.2, 0) is 4.79 Å². The second-order valence-corrected chi connectivity index (χ2v) is 9.10. The third-order valence-corrected chi connectivity index (χ3v) is 6.17. The van der Waals surface area contributed by atoms with Crippen LogP contribution >= 0.6 is 23.4 Å². The maximum absolute atomic E-state index is 12.3. The zero-order valence-corrected chi connectivity index (χ0v) is 19.8. The fourth-order valence-electron chi connectivity index (χ4n) is 3.26. The van der Waals surface area contributed by atoms with E-state index in [1.165, 1.54) is 11.8 Å². The summed E-state index contributed by atoms with van der Waals surface area (Å²) in [6.45, 7) is 4.19. The summed E-state index contributed by atoms with van der Waals surface area (Å²) in [4.78, 5) is 16.6. The number of thioether (sulfide) groups is 1. The highest BCUT2D eigenvalue weighted by molar-refractivity contribution is 7.99. The Labute approximate surface area is 202 Å². The van der Waals surface area contributed by atoms with Crippen LogP contribution in [0, 0.1) is 22.7 Å². The smallest absolute Gasteiger partial charge is 0.225 e. The minimum Gasteiger partial charge on any atom is -0.383 e. The van der Waals surface area contributed by atoms with E-state index in [1.54, 1.807) is 24.3 Å². The van der Waals surface area contributed by atoms with Gasteiger partial charge in [0.25, 0.3) is 0 Å². The molecular formula is C25H22ClN5OS. The molecule has 0 aliphatic rings. The number of hydrogen-bond donors (Lipinski definition) is 2. The van der Waals surface area contributed by atoms with Gasteiger partial charge in [0, 0.05) is 28.4 Å². The average molecular weight is 476 g/mol. The number of hydrogen-bond acceptors (Lipinski definition) is 6. The molecular weight excluding hydrogens is 454 g/mol. The highest BCUT2D eigenvalue weighted by Crippen LogP contribution is 2.36. The highest BCUT2D eigenvalue weighted by atomic mass is 35.5. The first-order valence-electron chi connectivity index (χ1n) is 10.3. The van der Waals surface area contributed by atoms with Crippen molar-refractivity contribution in [3.63, 3.8) is 0 Å².